The number of aliphatic hydroxyl groups excluding tert-OH is 5. The molecule has 8 nitrogen and oxygen atoms in total. The minimum atomic E-state index is -1.71. The molecule has 0 aliphatic rings. The van der Waals surface area contributed by atoms with Crippen LogP contribution >= 0.6 is 0 Å². The summed E-state index contributed by atoms with van der Waals surface area (Å²) in [5.74, 6) is -0.476. The maximum absolute atomic E-state index is 11.6. The zero-order valence-corrected chi connectivity index (χ0v) is 10.6. The van der Waals surface area contributed by atoms with Gasteiger partial charge in [0.15, 0.2) is 0 Å². The molecule has 4 atom stereocenters. The summed E-state index contributed by atoms with van der Waals surface area (Å²) in [5.41, 5.74) is 0.331. The highest BCUT2D eigenvalue weighted by Crippen LogP contribution is 2.05. The van der Waals surface area contributed by atoms with Crippen LogP contribution in [0.4, 0.5) is 0 Å². The molecule has 1 amide bonds. The third-order valence-electron chi connectivity index (χ3n) is 2.74. The molecular weight excluding hydrogens is 268 g/mol. The Kier molecular flexibility index (Phi) is 6.49. The van der Waals surface area contributed by atoms with Crippen LogP contribution in [0, 0.1) is 0 Å². The molecule has 0 unspecified atom stereocenters. The van der Waals surface area contributed by atoms with E-state index < -0.39 is 36.9 Å². The van der Waals surface area contributed by atoms with Crippen molar-refractivity contribution < 1.29 is 30.3 Å². The fourth-order valence-electron chi connectivity index (χ4n) is 1.49. The molecule has 0 aliphatic heterocycles. The number of rotatable bonds is 7. The van der Waals surface area contributed by atoms with Gasteiger partial charge in [0.25, 0.3) is 5.91 Å². The third kappa shape index (κ3) is 4.51. The summed E-state index contributed by atoms with van der Waals surface area (Å²) in [4.78, 5) is 15.4. The summed E-state index contributed by atoms with van der Waals surface area (Å²) in [5, 5.41) is 48.7. The molecule has 20 heavy (non-hydrogen) atoms. The van der Waals surface area contributed by atoms with Crippen LogP contribution in [-0.4, -0.2) is 74.0 Å². The van der Waals surface area contributed by atoms with Gasteiger partial charge in [0, 0.05) is 24.5 Å². The zero-order valence-electron chi connectivity index (χ0n) is 10.6. The number of hydrogen-bond acceptors (Lipinski definition) is 7. The summed E-state index contributed by atoms with van der Waals surface area (Å²) < 4.78 is 0. The van der Waals surface area contributed by atoms with Crippen molar-refractivity contribution in [3.05, 3.63) is 30.1 Å². The van der Waals surface area contributed by atoms with E-state index in [0.717, 1.165) is 0 Å². The van der Waals surface area contributed by atoms with Gasteiger partial charge in [-0.15, -0.1) is 0 Å². The van der Waals surface area contributed by atoms with Gasteiger partial charge in [-0.05, 0) is 12.1 Å². The van der Waals surface area contributed by atoms with Gasteiger partial charge in [-0.1, -0.05) is 0 Å². The summed E-state index contributed by atoms with van der Waals surface area (Å²) >= 11 is 0. The lowest BCUT2D eigenvalue weighted by Crippen LogP contribution is -2.49. The molecule has 0 aliphatic carbocycles. The Hall–Kier alpha value is -1.58. The van der Waals surface area contributed by atoms with E-state index in [-0.39, 0.29) is 6.54 Å². The number of amides is 1. The average molecular weight is 286 g/mol. The van der Waals surface area contributed by atoms with Crippen molar-refractivity contribution in [2.75, 3.05) is 13.2 Å². The Balaban J connectivity index is 2.47. The van der Waals surface area contributed by atoms with Crippen molar-refractivity contribution in [3.8, 4) is 0 Å². The number of nitrogens with zero attached hydrogens (tertiary/aromatic N) is 1. The predicted octanol–water partition coefficient (Wildman–Crippen LogP) is -2.75. The smallest absolute Gasteiger partial charge is 0.251 e. The Bertz CT molecular complexity index is 416. The zero-order chi connectivity index (χ0) is 15.1. The molecule has 0 fully saturated rings. The van der Waals surface area contributed by atoms with Crippen molar-refractivity contribution in [1.29, 1.82) is 0 Å². The number of pyridine rings is 1. The highest BCUT2D eigenvalue weighted by atomic mass is 16.4. The standard InChI is InChI=1S/C12H18N2O6/c15-6-9(17)11(19)10(18)8(16)5-14-12(20)7-1-3-13-4-2-7/h1-4,8-11,15-19H,5-6H2,(H,14,20)/t8-,9-,10-,11+/m0/s1. The molecule has 0 saturated carbocycles. The number of aromatic nitrogens is 1. The van der Waals surface area contributed by atoms with Gasteiger partial charge >= 0.3 is 0 Å². The van der Waals surface area contributed by atoms with Crippen LogP contribution < -0.4 is 5.32 Å². The van der Waals surface area contributed by atoms with Gasteiger partial charge in [-0.2, -0.15) is 0 Å². The molecule has 8 heteroatoms. The molecule has 112 valence electrons. The Labute approximate surface area is 115 Å². The molecule has 1 aromatic rings. The van der Waals surface area contributed by atoms with E-state index in [0.29, 0.717) is 5.56 Å². The molecule has 0 spiro atoms. The normalized spacial score (nSPS) is 17.1. The van der Waals surface area contributed by atoms with Crippen LogP contribution in [0.1, 0.15) is 10.4 Å². The fraction of sp³-hybridized carbons (Fsp3) is 0.500. The number of hydrogen-bond donors (Lipinski definition) is 6. The second-order valence-electron chi connectivity index (χ2n) is 4.24. The van der Waals surface area contributed by atoms with Crippen molar-refractivity contribution >= 4 is 5.91 Å². The van der Waals surface area contributed by atoms with E-state index in [2.05, 4.69) is 10.3 Å². The largest absolute Gasteiger partial charge is 0.394 e. The monoisotopic (exact) mass is 286 g/mol. The molecule has 1 rings (SSSR count). The van der Waals surface area contributed by atoms with Crippen molar-refractivity contribution in [1.82, 2.24) is 10.3 Å². The van der Waals surface area contributed by atoms with Crippen molar-refractivity contribution in [2.45, 2.75) is 24.4 Å². The summed E-state index contributed by atoms with van der Waals surface area (Å²) in [6, 6.07) is 2.95. The highest BCUT2D eigenvalue weighted by molar-refractivity contribution is 5.93. The van der Waals surface area contributed by atoms with Crippen LogP contribution in [0.5, 0.6) is 0 Å². The average Bonchev–Trinajstić information content (AvgIpc) is 2.50. The number of nitrogens with one attached hydrogen (secondary N) is 1. The lowest BCUT2D eigenvalue weighted by Gasteiger charge is -2.25. The molecule has 0 radical (unpaired) electrons. The van der Waals surface area contributed by atoms with Crippen LogP contribution in [0.3, 0.4) is 0 Å². The van der Waals surface area contributed by atoms with Crippen molar-refractivity contribution in [3.63, 3.8) is 0 Å². The molecule has 0 saturated heterocycles. The molecule has 6 N–H and O–H groups in total. The first-order valence-corrected chi connectivity index (χ1v) is 5.98. The van der Waals surface area contributed by atoms with Crippen LogP contribution in [0.2, 0.25) is 0 Å². The molecular formula is C12H18N2O6. The number of carbonyl (C=O) groups excluding carboxylic acids is 1. The minimum absolute atomic E-state index is 0.322. The Morgan fingerprint density at radius 1 is 1.10 bits per heavy atom. The van der Waals surface area contributed by atoms with E-state index in [1.807, 2.05) is 0 Å². The van der Waals surface area contributed by atoms with Gasteiger partial charge in [0.05, 0.1) is 12.7 Å². The lowest BCUT2D eigenvalue weighted by molar-refractivity contribution is -0.113. The van der Waals surface area contributed by atoms with E-state index in [1.165, 1.54) is 24.5 Å². The van der Waals surface area contributed by atoms with Crippen LogP contribution in [0.25, 0.3) is 0 Å². The maximum Gasteiger partial charge on any atom is 0.251 e. The first-order valence-electron chi connectivity index (χ1n) is 5.98. The Morgan fingerprint density at radius 2 is 1.65 bits per heavy atom. The van der Waals surface area contributed by atoms with Gasteiger partial charge < -0.3 is 30.8 Å². The van der Waals surface area contributed by atoms with Crippen molar-refractivity contribution in [2.24, 2.45) is 0 Å². The maximum atomic E-state index is 11.6. The second kappa shape index (κ2) is 7.88. The first-order chi connectivity index (χ1) is 9.47. The molecule has 1 aromatic heterocycles. The van der Waals surface area contributed by atoms with E-state index in [4.69, 9.17) is 10.2 Å². The molecule has 0 bridgehead atoms. The quantitative estimate of drug-likeness (QED) is 0.319. The van der Waals surface area contributed by atoms with Gasteiger partial charge in [0.1, 0.15) is 18.3 Å². The van der Waals surface area contributed by atoms with E-state index in [9.17, 15) is 20.1 Å². The van der Waals surface area contributed by atoms with Gasteiger partial charge in [0.2, 0.25) is 0 Å². The van der Waals surface area contributed by atoms with Gasteiger partial charge in [-0.3, -0.25) is 9.78 Å². The van der Waals surface area contributed by atoms with E-state index in [1.54, 1.807) is 0 Å². The topological polar surface area (TPSA) is 143 Å². The van der Waals surface area contributed by atoms with Crippen LogP contribution in [0.15, 0.2) is 24.5 Å². The number of aliphatic hydroxyl groups is 5. The fourth-order valence-corrected chi connectivity index (χ4v) is 1.49. The van der Waals surface area contributed by atoms with Crippen LogP contribution in [-0.2, 0) is 0 Å². The molecule has 0 aromatic carbocycles. The number of carbonyl (C=O) groups is 1. The second-order valence-corrected chi connectivity index (χ2v) is 4.24. The first kappa shape index (κ1) is 16.5. The lowest BCUT2D eigenvalue weighted by atomic mass is 10.0. The predicted molar refractivity (Wildman–Crippen MR) is 67.7 cm³/mol. The van der Waals surface area contributed by atoms with E-state index >= 15 is 0 Å². The molecule has 1 heterocycles. The third-order valence-corrected chi connectivity index (χ3v) is 2.74. The highest BCUT2D eigenvalue weighted by Gasteiger charge is 2.30. The summed E-state index contributed by atoms with van der Waals surface area (Å²) in [6.07, 6.45) is -3.61. The minimum Gasteiger partial charge on any atom is -0.394 e. The Morgan fingerprint density at radius 3 is 2.20 bits per heavy atom. The van der Waals surface area contributed by atoms with Gasteiger partial charge in [-0.25, -0.2) is 0 Å². The summed E-state index contributed by atoms with van der Waals surface area (Å²) in [6.45, 7) is -1.08. The SMILES string of the molecule is O=C(NC[C@H](O)[C@H](O)[C@H](O)[C@@H](O)CO)c1ccncc1. The summed E-state index contributed by atoms with van der Waals surface area (Å²) in [7, 11) is 0.